The summed E-state index contributed by atoms with van der Waals surface area (Å²) >= 11 is 0. The summed E-state index contributed by atoms with van der Waals surface area (Å²) in [6.07, 6.45) is 2.90. The number of nitrogens with zero attached hydrogens (tertiary/aromatic N) is 3. The smallest absolute Gasteiger partial charge is 0.497 e. The monoisotopic (exact) mass is 609 g/mol. The molecule has 0 fully saturated rings. The van der Waals surface area contributed by atoms with Crippen LogP contribution in [-0.4, -0.2) is 37.6 Å². The Kier molecular flexibility index (Phi) is 6.93. The number of aromatic nitrogens is 1. The molecule has 1 aromatic heterocycles. The Morgan fingerprint density at radius 1 is 0.717 bits per heavy atom. The molecular formula is C38H30BF2N3O2. The molecule has 4 aromatic carbocycles. The number of rotatable bonds is 6. The van der Waals surface area contributed by atoms with Gasteiger partial charge < -0.3 is 14.0 Å². The number of hydrogen-bond donors (Lipinski definition) is 0. The lowest BCUT2D eigenvalue weighted by atomic mass is 9.83. The van der Waals surface area contributed by atoms with Gasteiger partial charge >= 0.3 is 7.40 Å². The molecule has 46 heavy (non-hydrogen) atoms. The van der Waals surface area contributed by atoms with Gasteiger partial charge in [0.2, 0.25) is 0 Å². The minimum absolute atomic E-state index is 0.219. The van der Waals surface area contributed by atoms with Crippen molar-refractivity contribution in [2.24, 2.45) is 9.98 Å². The fourth-order valence-electron chi connectivity index (χ4n) is 7.20. The van der Waals surface area contributed by atoms with E-state index in [1.165, 1.54) is 0 Å². The first-order chi connectivity index (χ1) is 22.6. The lowest BCUT2D eigenvalue weighted by Crippen LogP contribution is -2.16. The summed E-state index contributed by atoms with van der Waals surface area (Å²) in [4.78, 5) is 10.3. The highest BCUT2D eigenvalue weighted by Gasteiger charge is 2.37. The number of aliphatic imine (C=N–C) groups is 2. The van der Waals surface area contributed by atoms with E-state index in [1.54, 1.807) is 14.2 Å². The molecule has 8 heteroatoms. The van der Waals surface area contributed by atoms with Crippen LogP contribution in [0.15, 0.2) is 113 Å². The van der Waals surface area contributed by atoms with Gasteiger partial charge in [-0.3, -0.25) is 8.63 Å². The molecule has 1 aliphatic heterocycles. The maximum absolute atomic E-state index is 15.5. The lowest BCUT2D eigenvalue weighted by molar-refractivity contribution is 0.414. The van der Waals surface area contributed by atoms with Crippen molar-refractivity contribution >= 4 is 30.3 Å². The van der Waals surface area contributed by atoms with Crippen LogP contribution in [0.5, 0.6) is 11.5 Å². The molecule has 2 aliphatic carbocycles. The van der Waals surface area contributed by atoms with Crippen LogP contribution in [-0.2, 0) is 19.3 Å². The van der Waals surface area contributed by atoms with E-state index < -0.39 is 7.40 Å². The molecule has 0 bridgehead atoms. The Balaban J connectivity index is 1.42. The predicted octanol–water partition coefficient (Wildman–Crippen LogP) is 8.64. The number of amidine groups is 1. The van der Waals surface area contributed by atoms with E-state index in [0.717, 1.165) is 84.4 Å². The van der Waals surface area contributed by atoms with Gasteiger partial charge in [-0.15, -0.1) is 0 Å². The normalized spacial score (nSPS) is 15.6. The number of benzene rings is 4. The summed E-state index contributed by atoms with van der Waals surface area (Å²) in [6, 6.07) is 31.5. The van der Waals surface area contributed by atoms with Gasteiger partial charge in [0.15, 0.2) is 5.84 Å². The molecule has 0 N–H and O–H groups in total. The molecule has 3 aliphatic rings. The van der Waals surface area contributed by atoms with Crippen LogP contribution >= 0.6 is 0 Å². The second kappa shape index (κ2) is 11.3. The lowest BCUT2D eigenvalue weighted by Gasteiger charge is -2.20. The van der Waals surface area contributed by atoms with E-state index in [2.05, 4.69) is 6.07 Å². The Morgan fingerprint density at radius 3 is 1.98 bits per heavy atom. The number of allylic oxidation sites excluding steroid dienone is 1. The highest BCUT2D eigenvalue weighted by molar-refractivity contribution is 6.44. The third kappa shape index (κ3) is 4.51. The largest absolute Gasteiger partial charge is 0.679 e. The number of aryl methyl sites for hydroxylation is 2. The van der Waals surface area contributed by atoms with Crippen LogP contribution in [0.4, 0.5) is 14.4 Å². The summed E-state index contributed by atoms with van der Waals surface area (Å²) in [6.45, 7) is 0. The maximum atomic E-state index is 15.5. The van der Waals surface area contributed by atoms with E-state index in [4.69, 9.17) is 19.5 Å². The van der Waals surface area contributed by atoms with Crippen molar-refractivity contribution in [3.63, 3.8) is 0 Å². The highest BCUT2D eigenvalue weighted by atomic mass is 19.2. The minimum Gasteiger partial charge on any atom is -0.497 e. The number of methoxy groups -OCH3 is 2. The SMILES string of the molecule is COc1ccc2c(c1)CCC1=C(c3ccccc3)/C(=N/c3c(-c4ccccc4)c4c(n3B(F)F)-c3ccc(OC)cc3CC4)N=C12. The third-order valence-corrected chi connectivity index (χ3v) is 9.26. The summed E-state index contributed by atoms with van der Waals surface area (Å²) in [7, 11) is 0.461. The van der Waals surface area contributed by atoms with Gasteiger partial charge in [0.25, 0.3) is 0 Å². The van der Waals surface area contributed by atoms with Gasteiger partial charge in [-0.1, -0.05) is 60.7 Å². The fraction of sp³-hybridized carbons (Fsp3) is 0.158. The first-order valence-electron chi connectivity index (χ1n) is 15.5. The van der Waals surface area contributed by atoms with E-state index >= 15 is 8.63 Å². The van der Waals surface area contributed by atoms with Crippen LogP contribution in [0.1, 0.15) is 34.2 Å². The average molecular weight is 609 g/mol. The van der Waals surface area contributed by atoms with Crippen LogP contribution in [0.3, 0.4) is 0 Å². The minimum atomic E-state index is -2.82. The molecule has 5 nitrogen and oxygen atoms in total. The molecule has 226 valence electrons. The van der Waals surface area contributed by atoms with E-state index in [9.17, 15) is 0 Å². The zero-order valence-corrected chi connectivity index (χ0v) is 25.6. The van der Waals surface area contributed by atoms with Crippen LogP contribution in [0.25, 0.3) is 28.0 Å². The van der Waals surface area contributed by atoms with E-state index in [0.29, 0.717) is 30.1 Å². The number of fused-ring (bicyclic) bond motifs is 6. The standard InChI is InChI=1S/C38H30BF2N3O2/c1-45-27-15-19-29-25(21-27)13-17-31-33(23-9-5-3-6-10-23)37(42-35(29)31)43-38-34(24-11-7-4-8-12-24)32-18-14-26-22-28(46-2)16-20-30(26)36(32)44(38)39(40)41/h3-12,15-16,19-22H,13-14,17-18H2,1-2H3/b43-37-. The molecule has 0 spiro atoms. The van der Waals surface area contributed by atoms with Gasteiger partial charge in [0.1, 0.15) is 17.3 Å². The second-order valence-electron chi connectivity index (χ2n) is 11.7. The summed E-state index contributed by atoms with van der Waals surface area (Å²) < 4.78 is 43.0. The molecule has 2 heterocycles. The maximum Gasteiger partial charge on any atom is 0.679 e. The highest BCUT2D eigenvalue weighted by Crippen LogP contribution is 2.49. The van der Waals surface area contributed by atoms with Crippen LogP contribution in [0, 0.1) is 0 Å². The number of ether oxygens (including phenoxy) is 2. The van der Waals surface area contributed by atoms with E-state index in [1.807, 2.05) is 91.0 Å². The first-order valence-corrected chi connectivity index (χ1v) is 15.5. The quantitative estimate of drug-likeness (QED) is 0.181. The summed E-state index contributed by atoms with van der Waals surface area (Å²) in [5.74, 6) is 2.18. The molecule has 8 rings (SSSR count). The zero-order chi connectivity index (χ0) is 31.4. The first kappa shape index (κ1) is 28.3. The van der Waals surface area contributed by atoms with Gasteiger partial charge in [-0.25, -0.2) is 9.98 Å². The van der Waals surface area contributed by atoms with Gasteiger partial charge in [0.05, 0.1) is 19.9 Å². The van der Waals surface area contributed by atoms with Crippen molar-refractivity contribution < 1.29 is 18.1 Å². The Bertz CT molecular complexity index is 2100. The average Bonchev–Trinajstić information content (AvgIpc) is 3.64. The fourth-order valence-corrected chi connectivity index (χ4v) is 7.20. The van der Waals surface area contributed by atoms with Crippen LogP contribution < -0.4 is 9.47 Å². The molecule has 0 unspecified atom stereocenters. The third-order valence-electron chi connectivity index (χ3n) is 9.26. The molecule has 0 saturated heterocycles. The Hall–Kier alpha value is -5.24. The Morgan fingerprint density at radius 2 is 1.33 bits per heavy atom. The van der Waals surface area contributed by atoms with Crippen molar-refractivity contribution in [1.82, 2.24) is 4.48 Å². The number of hydrogen-bond acceptors (Lipinski definition) is 3. The van der Waals surface area contributed by atoms with Crippen LogP contribution in [0.2, 0.25) is 0 Å². The van der Waals surface area contributed by atoms with Gasteiger partial charge in [0, 0.05) is 28.0 Å². The van der Waals surface area contributed by atoms with Crippen molar-refractivity contribution in [1.29, 1.82) is 0 Å². The second-order valence-corrected chi connectivity index (χ2v) is 11.7. The number of halogens is 2. The molecule has 0 amide bonds. The zero-order valence-electron chi connectivity index (χ0n) is 25.6. The molecule has 0 saturated carbocycles. The topological polar surface area (TPSA) is 48.1 Å². The van der Waals surface area contributed by atoms with Crippen molar-refractivity contribution in [3.05, 3.63) is 130 Å². The molecule has 0 atom stereocenters. The molecule has 5 aromatic rings. The van der Waals surface area contributed by atoms with Crippen molar-refractivity contribution in [2.75, 3.05) is 14.2 Å². The summed E-state index contributed by atoms with van der Waals surface area (Å²) in [5.41, 5.74) is 10.7. The van der Waals surface area contributed by atoms with Crippen molar-refractivity contribution in [3.8, 4) is 33.9 Å². The van der Waals surface area contributed by atoms with Crippen molar-refractivity contribution in [2.45, 2.75) is 25.7 Å². The Labute approximate surface area is 266 Å². The predicted molar refractivity (Wildman–Crippen MR) is 181 cm³/mol. The molecule has 0 radical (unpaired) electrons. The van der Waals surface area contributed by atoms with Gasteiger partial charge in [-0.05, 0) is 95.5 Å². The molecular weight excluding hydrogens is 579 g/mol. The summed E-state index contributed by atoms with van der Waals surface area (Å²) in [5, 5.41) is 0. The van der Waals surface area contributed by atoms with E-state index in [-0.39, 0.29) is 5.82 Å². The van der Waals surface area contributed by atoms with Gasteiger partial charge in [-0.2, -0.15) is 0 Å².